The molecule has 7 nitrogen and oxygen atoms in total. The van der Waals surface area contributed by atoms with E-state index in [1.807, 2.05) is 26.0 Å². The van der Waals surface area contributed by atoms with Gasteiger partial charge in [0.1, 0.15) is 17.2 Å². The number of anilines is 1. The summed E-state index contributed by atoms with van der Waals surface area (Å²) in [5.41, 5.74) is 1.07. The van der Waals surface area contributed by atoms with Crippen molar-refractivity contribution < 1.29 is 4.79 Å². The second-order valence-electron chi connectivity index (χ2n) is 7.08. The van der Waals surface area contributed by atoms with Gasteiger partial charge in [-0.15, -0.1) is 0 Å². The van der Waals surface area contributed by atoms with Gasteiger partial charge in [-0.25, -0.2) is 0 Å². The van der Waals surface area contributed by atoms with E-state index in [-0.39, 0.29) is 24.0 Å². The zero-order valence-corrected chi connectivity index (χ0v) is 18.3. The molecular formula is C20H23ClN6OS. The Hall–Kier alpha value is -2.58. The number of carbonyl (C=O) groups excluding carboxylic acids is 1. The van der Waals surface area contributed by atoms with Crippen molar-refractivity contribution in [1.82, 2.24) is 9.69 Å². The van der Waals surface area contributed by atoms with Crippen molar-refractivity contribution >= 4 is 52.2 Å². The number of nitrogens with one attached hydrogen (secondary N) is 3. The number of rotatable bonds is 4. The van der Waals surface area contributed by atoms with Crippen LogP contribution in [0.15, 0.2) is 29.3 Å². The normalized spacial score (nSPS) is 18.7. The molecule has 2 heterocycles. The molecule has 29 heavy (non-hydrogen) atoms. The summed E-state index contributed by atoms with van der Waals surface area (Å²) in [6.45, 7) is 7.64. The van der Waals surface area contributed by atoms with Gasteiger partial charge in [-0.1, -0.05) is 23.7 Å². The minimum atomic E-state index is -1.17. The maximum atomic E-state index is 12.4. The number of amidine groups is 2. The van der Waals surface area contributed by atoms with Crippen molar-refractivity contribution in [3.05, 3.63) is 45.3 Å². The number of benzene rings is 1. The first-order valence-corrected chi connectivity index (χ1v) is 10.4. The van der Waals surface area contributed by atoms with E-state index in [4.69, 9.17) is 27.4 Å². The van der Waals surface area contributed by atoms with E-state index in [1.54, 1.807) is 26.0 Å². The molecule has 0 radical (unpaired) electrons. The number of carbonyl (C=O) groups is 1. The fourth-order valence-electron chi connectivity index (χ4n) is 3.33. The topological polar surface area (TPSA) is 105 Å². The molecule has 9 heteroatoms. The summed E-state index contributed by atoms with van der Waals surface area (Å²) in [6.07, 6.45) is -0.00665. The van der Waals surface area contributed by atoms with Gasteiger partial charge in [-0.3, -0.25) is 25.5 Å². The largest absolute Gasteiger partial charge is 0.356 e. The SMILES string of the molecule is CCNC(=O)CC1(C)N=C(c2ccc(Cl)cc2)c2c(nsc2C)N(C(C)=N)C1=N. The number of aryl methyl sites for hydroxylation is 1. The smallest absolute Gasteiger partial charge is 0.222 e. The molecule has 1 aliphatic heterocycles. The highest BCUT2D eigenvalue weighted by atomic mass is 35.5. The molecule has 0 saturated carbocycles. The molecule has 1 aromatic carbocycles. The summed E-state index contributed by atoms with van der Waals surface area (Å²) in [4.78, 5) is 19.8. The van der Waals surface area contributed by atoms with Crippen LogP contribution in [0.3, 0.4) is 0 Å². The molecule has 2 aromatic rings. The molecule has 1 atom stereocenters. The maximum absolute atomic E-state index is 12.4. The monoisotopic (exact) mass is 430 g/mol. The van der Waals surface area contributed by atoms with Crippen LogP contribution in [-0.2, 0) is 4.79 Å². The van der Waals surface area contributed by atoms with E-state index < -0.39 is 5.54 Å². The van der Waals surface area contributed by atoms with Crippen molar-refractivity contribution in [2.75, 3.05) is 11.4 Å². The van der Waals surface area contributed by atoms with E-state index in [1.165, 1.54) is 16.4 Å². The Balaban J connectivity index is 2.27. The molecule has 0 saturated heterocycles. The van der Waals surface area contributed by atoms with Gasteiger partial charge >= 0.3 is 0 Å². The van der Waals surface area contributed by atoms with Crippen LogP contribution in [0.4, 0.5) is 5.82 Å². The average Bonchev–Trinajstić information content (AvgIpc) is 2.97. The second kappa shape index (κ2) is 8.04. The maximum Gasteiger partial charge on any atom is 0.222 e. The number of hydrogen-bond donors (Lipinski definition) is 3. The van der Waals surface area contributed by atoms with Crippen LogP contribution in [-0.4, -0.2) is 39.7 Å². The summed E-state index contributed by atoms with van der Waals surface area (Å²) < 4.78 is 4.52. The Labute approximate surface area is 179 Å². The van der Waals surface area contributed by atoms with Gasteiger partial charge in [0.05, 0.1) is 17.7 Å². The highest BCUT2D eigenvalue weighted by Gasteiger charge is 2.42. The van der Waals surface area contributed by atoms with Crippen LogP contribution in [0.2, 0.25) is 5.02 Å². The third-order valence-electron chi connectivity index (χ3n) is 4.72. The van der Waals surface area contributed by atoms with Crippen LogP contribution in [0.1, 0.15) is 43.2 Å². The van der Waals surface area contributed by atoms with Gasteiger partial charge in [-0.2, -0.15) is 4.37 Å². The highest BCUT2D eigenvalue weighted by molar-refractivity contribution is 7.06. The molecule has 1 aromatic heterocycles. The lowest BCUT2D eigenvalue weighted by molar-refractivity contribution is -0.121. The van der Waals surface area contributed by atoms with Crippen LogP contribution < -0.4 is 10.2 Å². The number of halogens is 1. The lowest BCUT2D eigenvalue weighted by atomic mass is 9.94. The molecule has 3 N–H and O–H groups in total. The zero-order valence-electron chi connectivity index (χ0n) is 16.8. The molecule has 0 aliphatic carbocycles. The number of hydrogen-bond acceptors (Lipinski definition) is 6. The minimum Gasteiger partial charge on any atom is -0.356 e. The molecule has 1 unspecified atom stereocenters. The van der Waals surface area contributed by atoms with E-state index in [0.29, 0.717) is 23.1 Å². The van der Waals surface area contributed by atoms with Gasteiger partial charge in [0.15, 0.2) is 5.82 Å². The highest BCUT2D eigenvalue weighted by Crippen LogP contribution is 2.36. The summed E-state index contributed by atoms with van der Waals surface area (Å²) in [5.74, 6) is 0.497. The summed E-state index contributed by atoms with van der Waals surface area (Å²) in [6, 6.07) is 7.30. The number of nitrogens with zero attached hydrogens (tertiary/aromatic N) is 3. The first-order valence-electron chi connectivity index (χ1n) is 9.21. The predicted molar refractivity (Wildman–Crippen MR) is 119 cm³/mol. The Kier molecular flexibility index (Phi) is 5.86. The third-order valence-corrected chi connectivity index (χ3v) is 5.71. The Bertz CT molecular complexity index is 1010. The van der Waals surface area contributed by atoms with Crippen LogP contribution in [0, 0.1) is 17.7 Å². The van der Waals surface area contributed by atoms with E-state index >= 15 is 0 Å². The lowest BCUT2D eigenvalue weighted by Crippen LogP contribution is -2.49. The van der Waals surface area contributed by atoms with Gasteiger partial charge in [0.25, 0.3) is 0 Å². The standard InChI is InChI=1S/C20H23ClN6OS/c1-5-24-15(28)10-20(4)19(23)27(12(3)22)18-16(11(2)29-26-18)17(25-20)13-6-8-14(21)9-7-13/h6-9,22-23H,5,10H2,1-4H3,(H,24,28). The van der Waals surface area contributed by atoms with Gasteiger partial charge < -0.3 is 5.32 Å². The number of amides is 1. The summed E-state index contributed by atoms with van der Waals surface area (Å²) >= 11 is 7.37. The molecular weight excluding hydrogens is 408 g/mol. The Morgan fingerprint density at radius 2 is 2.00 bits per heavy atom. The predicted octanol–water partition coefficient (Wildman–Crippen LogP) is 4.02. The average molecular weight is 431 g/mol. The summed E-state index contributed by atoms with van der Waals surface area (Å²) in [7, 11) is 0. The van der Waals surface area contributed by atoms with Crippen molar-refractivity contribution in [2.24, 2.45) is 4.99 Å². The third kappa shape index (κ3) is 3.95. The van der Waals surface area contributed by atoms with E-state index in [2.05, 4.69) is 9.69 Å². The first-order chi connectivity index (χ1) is 13.7. The number of fused-ring (bicyclic) bond motifs is 1. The fraction of sp³-hybridized carbons (Fsp3) is 0.350. The molecule has 1 amide bonds. The zero-order chi connectivity index (χ0) is 21.3. The van der Waals surface area contributed by atoms with Crippen LogP contribution in [0.5, 0.6) is 0 Å². The van der Waals surface area contributed by atoms with Crippen molar-refractivity contribution in [3.8, 4) is 0 Å². The molecule has 152 valence electrons. The number of aromatic nitrogens is 1. The molecule has 0 bridgehead atoms. The molecule has 1 aliphatic rings. The first kappa shape index (κ1) is 21.1. The van der Waals surface area contributed by atoms with Gasteiger partial charge in [-0.05, 0) is 51.4 Å². The fourth-order valence-corrected chi connectivity index (χ4v) is 4.13. The molecule has 0 fully saturated rings. The van der Waals surface area contributed by atoms with Crippen LogP contribution >= 0.6 is 23.1 Å². The van der Waals surface area contributed by atoms with Gasteiger partial charge in [0, 0.05) is 22.0 Å². The second-order valence-corrected chi connectivity index (χ2v) is 8.49. The molecule has 0 spiro atoms. The Morgan fingerprint density at radius 3 is 2.59 bits per heavy atom. The van der Waals surface area contributed by atoms with E-state index in [9.17, 15) is 4.79 Å². The lowest BCUT2D eigenvalue weighted by Gasteiger charge is -2.31. The van der Waals surface area contributed by atoms with Crippen molar-refractivity contribution in [3.63, 3.8) is 0 Å². The Morgan fingerprint density at radius 1 is 1.34 bits per heavy atom. The van der Waals surface area contributed by atoms with E-state index in [0.717, 1.165) is 16.0 Å². The minimum absolute atomic E-state index is 0.00665. The molecule has 3 rings (SSSR count). The van der Waals surface area contributed by atoms with Crippen molar-refractivity contribution in [1.29, 1.82) is 10.8 Å². The van der Waals surface area contributed by atoms with Crippen LogP contribution in [0.25, 0.3) is 0 Å². The number of aliphatic imine (C=N–C) groups is 1. The summed E-state index contributed by atoms with van der Waals surface area (Å²) in [5, 5.41) is 20.5. The quantitative estimate of drug-likeness (QED) is 0.503. The van der Waals surface area contributed by atoms with Crippen molar-refractivity contribution in [2.45, 2.75) is 39.7 Å². The van der Waals surface area contributed by atoms with Gasteiger partial charge in [0.2, 0.25) is 5.91 Å².